The van der Waals surface area contributed by atoms with Crippen LogP contribution >= 0.6 is 11.3 Å². The normalized spacial score (nSPS) is 17.8. The highest BCUT2D eigenvalue weighted by Crippen LogP contribution is 2.26. The van der Waals surface area contributed by atoms with E-state index in [1.54, 1.807) is 0 Å². The molecule has 1 saturated heterocycles. The van der Waals surface area contributed by atoms with Gasteiger partial charge in [0.2, 0.25) is 0 Å². The maximum Gasteiger partial charge on any atom is 0.267 e. The summed E-state index contributed by atoms with van der Waals surface area (Å²) in [5.74, 6) is 0.350. The van der Waals surface area contributed by atoms with Crippen molar-refractivity contribution in [2.45, 2.75) is 33.2 Å². The molecule has 1 aliphatic heterocycles. The van der Waals surface area contributed by atoms with Crippen molar-refractivity contribution in [3.63, 3.8) is 0 Å². The Morgan fingerprint density at radius 2 is 2.05 bits per heavy atom. The molecule has 7 heteroatoms. The second kappa shape index (κ2) is 7.09. The van der Waals surface area contributed by atoms with Crippen LogP contribution < -0.4 is 11.1 Å². The van der Waals surface area contributed by atoms with Gasteiger partial charge < -0.3 is 16.0 Å². The van der Waals surface area contributed by atoms with Crippen molar-refractivity contribution < 1.29 is 4.79 Å². The van der Waals surface area contributed by atoms with Gasteiger partial charge in [0.1, 0.15) is 10.7 Å². The summed E-state index contributed by atoms with van der Waals surface area (Å²) < 4.78 is 0. The summed E-state index contributed by atoms with van der Waals surface area (Å²) in [5, 5.41) is 3.82. The minimum atomic E-state index is 0.0120. The van der Waals surface area contributed by atoms with Gasteiger partial charge in [-0.3, -0.25) is 9.69 Å². The molecule has 0 aliphatic carbocycles. The van der Waals surface area contributed by atoms with E-state index in [1.807, 2.05) is 11.8 Å². The van der Waals surface area contributed by atoms with Gasteiger partial charge in [-0.05, 0) is 20.3 Å². The molecule has 2 heterocycles. The van der Waals surface area contributed by atoms with E-state index in [9.17, 15) is 4.79 Å². The predicted molar refractivity (Wildman–Crippen MR) is 87.9 cm³/mol. The van der Waals surface area contributed by atoms with Crippen molar-refractivity contribution in [2.24, 2.45) is 0 Å². The highest BCUT2D eigenvalue weighted by atomic mass is 32.1. The third-order valence-corrected chi connectivity index (χ3v) is 5.01. The van der Waals surface area contributed by atoms with E-state index >= 15 is 0 Å². The van der Waals surface area contributed by atoms with E-state index in [2.05, 4.69) is 29.0 Å². The molecule has 21 heavy (non-hydrogen) atoms. The van der Waals surface area contributed by atoms with Gasteiger partial charge in [0.25, 0.3) is 5.91 Å². The lowest BCUT2D eigenvalue weighted by Gasteiger charge is -2.37. The number of carbonyl (C=O) groups excluding carboxylic acids is 1. The topological polar surface area (TPSA) is 74.5 Å². The van der Waals surface area contributed by atoms with Gasteiger partial charge in [0.05, 0.1) is 0 Å². The number of thiazole rings is 1. The first kappa shape index (κ1) is 16.0. The molecule has 1 aromatic rings. The van der Waals surface area contributed by atoms with Crippen molar-refractivity contribution in [2.75, 3.05) is 43.8 Å². The van der Waals surface area contributed by atoms with Crippen LogP contribution in [0.1, 0.15) is 36.9 Å². The van der Waals surface area contributed by atoms with E-state index in [1.165, 1.54) is 11.3 Å². The summed E-state index contributed by atoms with van der Waals surface area (Å²) in [6.45, 7) is 10.6. The van der Waals surface area contributed by atoms with Gasteiger partial charge in [-0.2, -0.15) is 0 Å². The minimum absolute atomic E-state index is 0.0120. The van der Waals surface area contributed by atoms with Gasteiger partial charge in [0, 0.05) is 38.8 Å². The summed E-state index contributed by atoms with van der Waals surface area (Å²) in [4.78, 5) is 21.6. The molecule has 2 rings (SSSR count). The Morgan fingerprint density at radius 1 is 1.38 bits per heavy atom. The van der Waals surface area contributed by atoms with Crippen LogP contribution in [0, 0.1) is 0 Å². The van der Waals surface area contributed by atoms with E-state index < -0.39 is 0 Å². The summed E-state index contributed by atoms with van der Waals surface area (Å²) in [7, 11) is 0. The molecule has 1 fully saturated rings. The number of anilines is 2. The molecule has 6 nitrogen and oxygen atoms in total. The molecule has 3 N–H and O–H groups in total. The van der Waals surface area contributed by atoms with Crippen LogP contribution in [0.2, 0.25) is 0 Å². The highest BCUT2D eigenvalue weighted by molar-refractivity contribution is 7.18. The zero-order valence-corrected chi connectivity index (χ0v) is 13.9. The molecule has 0 bridgehead atoms. The number of hydrogen-bond donors (Lipinski definition) is 2. The van der Waals surface area contributed by atoms with Crippen molar-refractivity contribution in [3.8, 4) is 0 Å². The maximum atomic E-state index is 12.6. The molecule has 0 aromatic carbocycles. The molecule has 1 aliphatic rings. The van der Waals surface area contributed by atoms with E-state index in [-0.39, 0.29) is 5.91 Å². The van der Waals surface area contributed by atoms with E-state index in [0.717, 1.165) is 44.3 Å². The summed E-state index contributed by atoms with van der Waals surface area (Å²) in [6, 6.07) is 0.580. The molecule has 1 aromatic heterocycles. The van der Waals surface area contributed by atoms with Crippen molar-refractivity contribution in [1.29, 1.82) is 0 Å². The molecule has 0 radical (unpaired) electrons. The number of amides is 1. The van der Waals surface area contributed by atoms with Crippen LogP contribution in [0.25, 0.3) is 0 Å². The van der Waals surface area contributed by atoms with Crippen LogP contribution in [0.5, 0.6) is 0 Å². The molecule has 0 spiro atoms. The largest absolute Gasteiger partial charge is 0.382 e. The predicted octanol–water partition coefficient (Wildman–Crippen LogP) is 1.71. The number of nitrogens with one attached hydrogen (secondary N) is 1. The van der Waals surface area contributed by atoms with Crippen LogP contribution in [-0.4, -0.2) is 59.5 Å². The fourth-order valence-corrected chi connectivity index (χ4v) is 3.40. The van der Waals surface area contributed by atoms with Crippen molar-refractivity contribution >= 4 is 28.2 Å². The Kier molecular flexibility index (Phi) is 5.41. The minimum Gasteiger partial charge on any atom is -0.382 e. The standard InChI is InChI=1S/C14H25N5OS/c1-4-10(3)18-6-8-19(9-7-18)13(20)11-12(15)17-14(21-11)16-5-2/h10H,4-9,15H2,1-3H3,(H,16,17). The van der Waals surface area contributed by atoms with Crippen molar-refractivity contribution in [1.82, 2.24) is 14.8 Å². The summed E-state index contributed by atoms with van der Waals surface area (Å²) >= 11 is 1.35. The molecule has 1 atom stereocenters. The van der Waals surface area contributed by atoms with Crippen LogP contribution in [0.3, 0.4) is 0 Å². The molecule has 1 unspecified atom stereocenters. The van der Waals surface area contributed by atoms with Crippen LogP contribution in [0.15, 0.2) is 0 Å². The van der Waals surface area contributed by atoms with Gasteiger partial charge in [-0.15, -0.1) is 0 Å². The van der Waals surface area contributed by atoms with Gasteiger partial charge >= 0.3 is 0 Å². The third-order valence-electron chi connectivity index (χ3n) is 3.99. The highest BCUT2D eigenvalue weighted by Gasteiger charge is 2.27. The summed E-state index contributed by atoms with van der Waals surface area (Å²) in [5.41, 5.74) is 5.88. The number of hydrogen-bond acceptors (Lipinski definition) is 6. The van der Waals surface area contributed by atoms with E-state index in [0.29, 0.717) is 16.7 Å². The number of rotatable bonds is 5. The lowest BCUT2D eigenvalue weighted by Crippen LogP contribution is -2.51. The second-order valence-corrected chi connectivity index (χ2v) is 6.35. The molecule has 1 amide bonds. The molecule has 118 valence electrons. The monoisotopic (exact) mass is 311 g/mol. The Bertz CT molecular complexity index is 482. The Labute approximate surface area is 130 Å². The first-order valence-electron chi connectivity index (χ1n) is 7.60. The van der Waals surface area contributed by atoms with Crippen molar-refractivity contribution in [3.05, 3.63) is 4.88 Å². The smallest absolute Gasteiger partial charge is 0.267 e. The van der Waals surface area contributed by atoms with Gasteiger partial charge in [-0.1, -0.05) is 18.3 Å². The number of aromatic nitrogens is 1. The quantitative estimate of drug-likeness (QED) is 0.866. The first-order chi connectivity index (χ1) is 10.1. The zero-order chi connectivity index (χ0) is 15.4. The zero-order valence-electron chi connectivity index (χ0n) is 13.1. The number of nitrogen functional groups attached to an aromatic ring is 1. The fraction of sp³-hybridized carbons (Fsp3) is 0.714. The van der Waals surface area contributed by atoms with E-state index in [4.69, 9.17) is 5.73 Å². The second-order valence-electron chi connectivity index (χ2n) is 5.35. The number of piperazine rings is 1. The SMILES string of the molecule is CCNc1nc(N)c(C(=O)N2CCN(C(C)CC)CC2)s1. The van der Waals surface area contributed by atoms with Crippen LogP contribution in [0.4, 0.5) is 10.9 Å². The Balaban J connectivity index is 1.98. The lowest BCUT2D eigenvalue weighted by atomic mass is 10.2. The molecular weight excluding hydrogens is 286 g/mol. The Morgan fingerprint density at radius 3 is 2.62 bits per heavy atom. The average molecular weight is 311 g/mol. The third kappa shape index (κ3) is 3.65. The molecule has 0 saturated carbocycles. The van der Waals surface area contributed by atoms with Gasteiger partial charge in [-0.25, -0.2) is 4.98 Å². The maximum absolute atomic E-state index is 12.6. The first-order valence-corrected chi connectivity index (χ1v) is 8.41. The number of nitrogens with two attached hydrogens (primary N) is 1. The molecular formula is C14H25N5OS. The number of nitrogens with zero attached hydrogens (tertiary/aromatic N) is 3. The van der Waals surface area contributed by atoms with Crippen LogP contribution in [-0.2, 0) is 0 Å². The summed E-state index contributed by atoms with van der Waals surface area (Å²) in [6.07, 6.45) is 1.14. The average Bonchev–Trinajstić information content (AvgIpc) is 2.87. The number of carbonyl (C=O) groups is 1. The van der Waals surface area contributed by atoms with Gasteiger partial charge in [0.15, 0.2) is 5.13 Å². The lowest BCUT2D eigenvalue weighted by molar-refractivity contribution is 0.0585. The fourth-order valence-electron chi connectivity index (χ4n) is 2.48. The Hall–Kier alpha value is -1.34.